The van der Waals surface area contributed by atoms with Crippen LogP contribution in [0.15, 0.2) is 72.8 Å². The molecular weight excluding hydrogens is 302 g/mol. The third-order valence-electron chi connectivity index (χ3n) is 3.40. The average molecular weight is 323 g/mol. The number of carbonyl (C=O) groups excluding carboxylic acids is 2. The summed E-state index contributed by atoms with van der Waals surface area (Å²) in [6, 6.07) is 18.8. The monoisotopic (exact) mass is 323 g/mol. The van der Waals surface area contributed by atoms with Crippen LogP contribution in [0.2, 0.25) is 0 Å². The Labute approximate surface area is 142 Å². The third kappa shape index (κ3) is 6.08. The van der Waals surface area contributed by atoms with Gasteiger partial charge in [-0.05, 0) is 30.2 Å². The first-order chi connectivity index (χ1) is 11.6. The van der Waals surface area contributed by atoms with Crippen molar-refractivity contribution in [1.82, 2.24) is 5.32 Å². The zero-order valence-corrected chi connectivity index (χ0v) is 13.6. The molecule has 2 aromatic rings. The van der Waals surface area contributed by atoms with Crippen molar-refractivity contribution in [2.24, 2.45) is 0 Å². The molecule has 0 aliphatic heterocycles. The molecule has 1 N–H and O–H groups in total. The molecule has 0 aliphatic rings. The zero-order chi connectivity index (χ0) is 17.2. The molecule has 0 saturated carbocycles. The van der Waals surface area contributed by atoms with Gasteiger partial charge in [-0.1, -0.05) is 54.6 Å². The molecule has 0 spiro atoms. The number of nitrogens with one attached hydrogen (secondary N) is 1. The van der Waals surface area contributed by atoms with Crippen LogP contribution in [0.25, 0.3) is 0 Å². The molecule has 0 saturated heterocycles. The van der Waals surface area contributed by atoms with Crippen LogP contribution >= 0.6 is 0 Å². The van der Waals surface area contributed by atoms with Crippen LogP contribution in [-0.4, -0.2) is 24.5 Å². The molecule has 24 heavy (non-hydrogen) atoms. The largest absolute Gasteiger partial charge is 0.462 e. The summed E-state index contributed by atoms with van der Waals surface area (Å²) in [5.74, 6) is -0.457. The first kappa shape index (κ1) is 17.5. The molecule has 4 nitrogen and oxygen atoms in total. The van der Waals surface area contributed by atoms with E-state index in [2.05, 4.69) is 5.32 Å². The highest BCUT2D eigenvalue weighted by molar-refractivity contribution is 5.94. The van der Waals surface area contributed by atoms with Gasteiger partial charge in [-0.25, -0.2) is 0 Å². The summed E-state index contributed by atoms with van der Waals surface area (Å²) in [5, 5.41) is 3.00. The molecule has 1 amide bonds. The minimum Gasteiger partial charge on any atom is -0.462 e. The summed E-state index contributed by atoms with van der Waals surface area (Å²) in [4.78, 5) is 23.2. The van der Waals surface area contributed by atoms with Gasteiger partial charge in [-0.2, -0.15) is 0 Å². The van der Waals surface area contributed by atoms with E-state index in [9.17, 15) is 9.59 Å². The molecule has 0 bridgehead atoms. The van der Waals surface area contributed by atoms with Crippen LogP contribution in [0.4, 0.5) is 0 Å². The van der Waals surface area contributed by atoms with Gasteiger partial charge in [0.1, 0.15) is 6.61 Å². The van der Waals surface area contributed by atoms with Crippen molar-refractivity contribution in [3.63, 3.8) is 0 Å². The molecule has 0 fully saturated rings. The van der Waals surface area contributed by atoms with E-state index in [1.54, 1.807) is 18.2 Å². The second kappa shape index (κ2) is 9.30. The number of ether oxygens (including phenoxy) is 1. The summed E-state index contributed by atoms with van der Waals surface area (Å²) in [7, 11) is 0. The number of hydrogen-bond acceptors (Lipinski definition) is 3. The molecule has 124 valence electrons. The first-order valence-corrected chi connectivity index (χ1v) is 7.85. The molecule has 0 heterocycles. The van der Waals surface area contributed by atoms with Crippen molar-refractivity contribution in [2.75, 3.05) is 6.61 Å². The molecule has 0 radical (unpaired) electrons. The Morgan fingerprint density at radius 1 is 1.04 bits per heavy atom. The van der Waals surface area contributed by atoms with Crippen molar-refractivity contribution in [2.45, 2.75) is 19.4 Å². The van der Waals surface area contributed by atoms with Crippen molar-refractivity contribution in [1.29, 1.82) is 0 Å². The highest BCUT2D eigenvalue weighted by atomic mass is 16.5. The molecule has 2 rings (SSSR count). The van der Waals surface area contributed by atoms with Crippen molar-refractivity contribution < 1.29 is 14.3 Å². The second-order valence-corrected chi connectivity index (χ2v) is 5.37. The van der Waals surface area contributed by atoms with Gasteiger partial charge in [-0.15, -0.1) is 0 Å². The Hall–Kier alpha value is -2.88. The van der Waals surface area contributed by atoms with E-state index in [4.69, 9.17) is 4.74 Å². The maximum atomic E-state index is 12.4. The summed E-state index contributed by atoms with van der Waals surface area (Å²) in [5.41, 5.74) is 1.73. The number of esters is 1. The summed E-state index contributed by atoms with van der Waals surface area (Å²) in [6.45, 7) is 1.56. The van der Waals surface area contributed by atoms with E-state index < -0.39 is 0 Å². The van der Waals surface area contributed by atoms with E-state index in [-0.39, 0.29) is 24.5 Å². The van der Waals surface area contributed by atoms with Gasteiger partial charge in [0.25, 0.3) is 5.91 Å². The number of carbonyl (C=O) groups is 2. The van der Waals surface area contributed by atoms with E-state index in [1.165, 1.54) is 6.92 Å². The summed E-state index contributed by atoms with van der Waals surface area (Å²) in [6.07, 6.45) is 4.27. The van der Waals surface area contributed by atoms with Gasteiger partial charge >= 0.3 is 5.97 Å². The number of amides is 1. The van der Waals surface area contributed by atoms with Crippen LogP contribution in [-0.2, 0) is 16.0 Å². The lowest BCUT2D eigenvalue weighted by Gasteiger charge is -2.15. The summed E-state index contributed by atoms with van der Waals surface area (Å²) < 4.78 is 4.89. The van der Waals surface area contributed by atoms with Gasteiger partial charge in [-0.3, -0.25) is 9.59 Å². The minimum absolute atomic E-state index is 0.131. The molecule has 2 aromatic carbocycles. The normalized spacial score (nSPS) is 11.9. The Balaban J connectivity index is 2.04. The fourth-order valence-corrected chi connectivity index (χ4v) is 2.26. The highest BCUT2D eigenvalue weighted by Gasteiger charge is 2.11. The second-order valence-electron chi connectivity index (χ2n) is 5.37. The predicted octanol–water partition coefficient (Wildman–Crippen LogP) is 3.15. The SMILES string of the molecule is CC(=O)OC/C=C/[C@@H](Cc1ccccc1)NC(=O)c1ccccc1. The molecule has 1 atom stereocenters. The Morgan fingerprint density at radius 2 is 1.67 bits per heavy atom. The van der Waals surface area contributed by atoms with Crippen LogP contribution < -0.4 is 5.32 Å². The van der Waals surface area contributed by atoms with Gasteiger partial charge in [0.05, 0.1) is 6.04 Å². The van der Waals surface area contributed by atoms with Gasteiger partial charge in [0, 0.05) is 12.5 Å². The van der Waals surface area contributed by atoms with Crippen LogP contribution in [0.1, 0.15) is 22.8 Å². The maximum absolute atomic E-state index is 12.4. The van der Waals surface area contributed by atoms with E-state index in [0.29, 0.717) is 12.0 Å². The van der Waals surface area contributed by atoms with E-state index >= 15 is 0 Å². The quantitative estimate of drug-likeness (QED) is 0.629. The van der Waals surface area contributed by atoms with E-state index in [1.807, 2.05) is 54.6 Å². The van der Waals surface area contributed by atoms with Crippen LogP contribution in [0.5, 0.6) is 0 Å². The molecule has 4 heteroatoms. The van der Waals surface area contributed by atoms with E-state index in [0.717, 1.165) is 5.56 Å². The standard InChI is InChI=1S/C20H21NO3/c1-16(22)24-14-8-13-19(15-17-9-4-2-5-10-17)21-20(23)18-11-6-3-7-12-18/h2-13,19H,14-15H2,1H3,(H,21,23)/b13-8+/t19-/m0/s1. The molecule has 0 aliphatic carbocycles. The number of rotatable bonds is 7. The topological polar surface area (TPSA) is 55.4 Å². The lowest BCUT2D eigenvalue weighted by atomic mass is 10.0. The van der Waals surface area contributed by atoms with Gasteiger partial charge < -0.3 is 10.1 Å². The molecular formula is C20H21NO3. The van der Waals surface area contributed by atoms with Crippen molar-refractivity contribution in [3.05, 3.63) is 83.9 Å². The highest BCUT2D eigenvalue weighted by Crippen LogP contribution is 2.06. The van der Waals surface area contributed by atoms with Gasteiger partial charge in [0.15, 0.2) is 0 Å². The Kier molecular flexibility index (Phi) is 6.77. The lowest BCUT2D eigenvalue weighted by Crippen LogP contribution is -2.35. The fourth-order valence-electron chi connectivity index (χ4n) is 2.26. The van der Waals surface area contributed by atoms with Crippen LogP contribution in [0, 0.1) is 0 Å². The Morgan fingerprint density at radius 3 is 2.29 bits per heavy atom. The maximum Gasteiger partial charge on any atom is 0.302 e. The Bertz CT molecular complexity index is 681. The zero-order valence-electron chi connectivity index (χ0n) is 13.6. The first-order valence-electron chi connectivity index (χ1n) is 7.85. The minimum atomic E-state index is -0.326. The lowest BCUT2D eigenvalue weighted by molar-refractivity contribution is -0.139. The number of benzene rings is 2. The predicted molar refractivity (Wildman–Crippen MR) is 93.6 cm³/mol. The smallest absolute Gasteiger partial charge is 0.302 e. The molecule has 0 aromatic heterocycles. The van der Waals surface area contributed by atoms with Crippen molar-refractivity contribution >= 4 is 11.9 Å². The van der Waals surface area contributed by atoms with Gasteiger partial charge in [0.2, 0.25) is 0 Å². The van der Waals surface area contributed by atoms with Crippen molar-refractivity contribution in [3.8, 4) is 0 Å². The summed E-state index contributed by atoms with van der Waals surface area (Å²) >= 11 is 0. The fraction of sp³-hybridized carbons (Fsp3) is 0.200. The number of hydrogen-bond donors (Lipinski definition) is 1. The van der Waals surface area contributed by atoms with Crippen LogP contribution in [0.3, 0.4) is 0 Å². The average Bonchev–Trinajstić information content (AvgIpc) is 2.60. The molecule has 0 unspecified atom stereocenters. The third-order valence-corrected chi connectivity index (χ3v) is 3.40.